The Morgan fingerprint density at radius 1 is 1.00 bits per heavy atom. The van der Waals surface area contributed by atoms with Crippen molar-refractivity contribution in [3.63, 3.8) is 0 Å². The number of nitrogens with zero attached hydrogens (tertiary/aromatic N) is 4. The van der Waals surface area contributed by atoms with E-state index in [2.05, 4.69) is 48.0 Å². The summed E-state index contributed by atoms with van der Waals surface area (Å²) in [5.41, 5.74) is 5.00. The second kappa shape index (κ2) is 12.6. The van der Waals surface area contributed by atoms with Crippen LogP contribution in [0.3, 0.4) is 0 Å². The molecule has 0 unspecified atom stereocenters. The summed E-state index contributed by atoms with van der Waals surface area (Å²) >= 11 is 0. The van der Waals surface area contributed by atoms with Gasteiger partial charge in [0.05, 0.1) is 27.2 Å². The van der Waals surface area contributed by atoms with Crippen molar-refractivity contribution in [3.8, 4) is 0 Å². The van der Waals surface area contributed by atoms with Crippen molar-refractivity contribution in [2.24, 2.45) is 19.8 Å². The van der Waals surface area contributed by atoms with Gasteiger partial charge in [-0.15, -0.1) is 0 Å². The van der Waals surface area contributed by atoms with E-state index in [1.54, 1.807) is 0 Å². The molecule has 0 saturated heterocycles. The molecule has 0 radical (unpaired) electrons. The minimum absolute atomic E-state index is 0.0231. The molecule has 0 aliphatic carbocycles. The van der Waals surface area contributed by atoms with E-state index in [-0.39, 0.29) is 12.8 Å². The molecule has 2 aromatic rings. The molecule has 0 aromatic carbocycles. The summed E-state index contributed by atoms with van der Waals surface area (Å²) < 4.78 is 8.31. The third-order valence-electron chi connectivity index (χ3n) is 3.36. The summed E-state index contributed by atoms with van der Waals surface area (Å²) in [6.07, 6.45) is 12.1. The molecule has 0 aliphatic rings. The molecule has 0 bridgehead atoms. The Bertz CT molecular complexity index is 625. The molecule has 26 heavy (non-hydrogen) atoms. The normalized spacial score (nSPS) is 10.8. The number of carbonyl (C=O) groups is 2. The van der Waals surface area contributed by atoms with E-state index in [0.717, 1.165) is 13.1 Å². The maximum Gasteiger partial charge on any atom is 0.320 e. The Balaban J connectivity index is 0.000000363. The number of hydrogen-bond donors (Lipinski definition) is 3. The topological polar surface area (TPSA) is 118 Å². The van der Waals surface area contributed by atoms with E-state index < -0.39 is 18.0 Å². The quantitative estimate of drug-likeness (QED) is 0.616. The summed E-state index contributed by atoms with van der Waals surface area (Å²) in [6.45, 7) is 6.36. The zero-order chi connectivity index (χ0) is 20.1. The predicted octanol–water partition coefficient (Wildman–Crippen LogP) is -0.0719. The van der Waals surface area contributed by atoms with Gasteiger partial charge in [-0.1, -0.05) is 0 Å². The molecule has 0 aliphatic heterocycles. The van der Waals surface area contributed by atoms with Crippen molar-refractivity contribution >= 4 is 11.9 Å². The van der Waals surface area contributed by atoms with Crippen LogP contribution in [0.4, 0.5) is 0 Å². The largest absolute Gasteiger partial charge is 0.481 e. The number of aliphatic carboxylic acids is 2. The second-order valence-corrected chi connectivity index (χ2v) is 5.70. The zero-order valence-corrected chi connectivity index (χ0v) is 15.9. The fourth-order valence-electron chi connectivity index (χ4n) is 1.78. The van der Waals surface area contributed by atoms with Gasteiger partial charge in [-0.05, 0) is 20.3 Å². The van der Waals surface area contributed by atoms with Crippen LogP contribution in [0, 0.1) is 0 Å². The van der Waals surface area contributed by atoms with Crippen LogP contribution in [0.5, 0.6) is 0 Å². The van der Waals surface area contributed by atoms with E-state index in [4.69, 9.17) is 15.9 Å². The van der Waals surface area contributed by atoms with Crippen LogP contribution >= 0.6 is 0 Å². The van der Waals surface area contributed by atoms with E-state index in [1.165, 1.54) is 0 Å². The Labute approximate surface area is 153 Å². The molecule has 0 spiro atoms. The van der Waals surface area contributed by atoms with Crippen molar-refractivity contribution in [2.45, 2.75) is 45.8 Å². The number of aryl methyl sites for hydroxylation is 4. The Morgan fingerprint density at radius 3 is 1.62 bits per heavy atom. The van der Waals surface area contributed by atoms with Crippen molar-refractivity contribution < 1.29 is 28.9 Å². The van der Waals surface area contributed by atoms with Gasteiger partial charge in [-0.3, -0.25) is 9.59 Å². The fourth-order valence-corrected chi connectivity index (χ4v) is 1.78. The SMILES string of the molecule is CCn1cc[n+](C)c1.CCn1cc[n+](C)c1.N[C@@H](CCC(=O)O)C(=O)O. The minimum atomic E-state index is -1.17. The highest BCUT2D eigenvalue weighted by molar-refractivity contribution is 5.74. The van der Waals surface area contributed by atoms with Gasteiger partial charge in [0, 0.05) is 6.42 Å². The van der Waals surface area contributed by atoms with E-state index in [9.17, 15) is 9.59 Å². The van der Waals surface area contributed by atoms with Gasteiger partial charge in [0.15, 0.2) is 0 Å². The first kappa shape index (κ1) is 23.3. The molecular weight excluding hydrogens is 338 g/mol. The highest BCUT2D eigenvalue weighted by Gasteiger charge is 2.12. The maximum atomic E-state index is 9.99. The summed E-state index contributed by atoms with van der Waals surface area (Å²) in [7, 11) is 4.04. The van der Waals surface area contributed by atoms with Crippen LogP contribution in [0.2, 0.25) is 0 Å². The number of rotatable bonds is 6. The molecular formula is C17H31N5O4+2. The maximum absolute atomic E-state index is 9.99. The monoisotopic (exact) mass is 369 g/mol. The van der Waals surface area contributed by atoms with Gasteiger partial charge < -0.3 is 15.9 Å². The number of aromatic nitrogens is 4. The molecule has 1 atom stereocenters. The number of imidazole rings is 2. The van der Waals surface area contributed by atoms with Crippen molar-refractivity contribution in [3.05, 3.63) is 37.4 Å². The van der Waals surface area contributed by atoms with E-state index >= 15 is 0 Å². The summed E-state index contributed by atoms with van der Waals surface area (Å²) in [5, 5.41) is 16.3. The summed E-state index contributed by atoms with van der Waals surface area (Å²) in [5.74, 6) is -2.20. The van der Waals surface area contributed by atoms with Crippen LogP contribution < -0.4 is 14.9 Å². The van der Waals surface area contributed by atoms with Crippen LogP contribution in [0.1, 0.15) is 26.7 Å². The molecule has 2 rings (SSSR count). The fraction of sp³-hybridized carbons (Fsp3) is 0.529. The van der Waals surface area contributed by atoms with Crippen molar-refractivity contribution in [1.29, 1.82) is 0 Å². The Morgan fingerprint density at radius 2 is 1.42 bits per heavy atom. The molecule has 146 valence electrons. The number of nitrogens with two attached hydrogens (primary N) is 1. The van der Waals surface area contributed by atoms with Gasteiger partial charge in [0.1, 0.15) is 30.8 Å². The summed E-state index contributed by atoms with van der Waals surface area (Å²) in [4.78, 5) is 19.9. The summed E-state index contributed by atoms with van der Waals surface area (Å²) in [6, 6.07) is -1.06. The van der Waals surface area contributed by atoms with Crippen LogP contribution in [-0.4, -0.2) is 37.3 Å². The lowest BCUT2D eigenvalue weighted by Gasteiger charge is -2.01. The first-order valence-electron chi connectivity index (χ1n) is 8.41. The van der Waals surface area contributed by atoms with Gasteiger partial charge in [0.2, 0.25) is 12.7 Å². The number of carboxylic acid groups (broad SMARTS) is 2. The lowest BCUT2D eigenvalue weighted by molar-refractivity contribution is -0.671. The van der Waals surface area contributed by atoms with Crippen molar-refractivity contribution in [1.82, 2.24) is 9.13 Å². The molecule has 9 heteroatoms. The first-order valence-corrected chi connectivity index (χ1v) is 8.41. The average molecular weight is 369 g/mol. The molecule has 9 nitrogen and oxygen atoms in total. The zero-order valence-electron chi connectivity index (χ0n) is 15.9. The van der Waals surface area contributed by atoms with Gasteiger partial charge in [-0.25, -0.2) is 18.3 Å². The Hall–Kier alpha value is -2.68. The van der Waals surface area contributed by atoms with Crippen LogP contribution in [-0.2, 0) is 36.8 Å². The van der Waals surface area contributed by atoms with Crippen LogP contribution in [0.15, 0.2) is 37.4 Å². The molecule has 0 fully saturated rings. The molecule has 2 heterocycles. The molecule has 0 amide bonds. The third kappa shape index (κ3) is 11.0. The molecule has 0 saturated carbocycles. The van der Waals surface area contributed by atoms with Gasteiger partial charge in [-0.2, -0.15) is 0 Å². The molecule has 4 N–H and O–H groups in total. The van der Waals surface area contributed by atoms with Crippen molar-refractivity contribution in [2.75, 3.05) is 0 Å². The van der Waals surface area contributed by atoms with Gasteiger partial charge in [0.25, 0.3) is 0 Å². The average Bonchev–Trinajstić information content (AvgIpc) is 3.21. The smallest absolute Gasteiger partial charge is 0.320 e. The number of carboxylic acids is 2. The first-order chi connectivity index (χ1) is 12.2. The van der Waals surface area contributed by atoms with E-state index in [1.807, 2.05) is 35.6 Å². The van der Waals surface area contributed by atoms with Crippen LogP contribution in [0.25, 0.3) is 0 Å². The Kier molecular flexibility index (Phi) is 11.3. The highest BCUT2D eigenvalue weighted by atomic mass is 16.4. The van der Waals surface area contributed by atoms with E-state index in [0.29, 0.717) is 0 Å². The standard InChI is InChI=1S/2C6H11N2.C5H9NO4/c2*1-3-8-5-4-7(2)6-8;6-3(5(9)10)1-2-4(7)8/h2*4-6H,3H2,1-2H3;3H,1-2,6H2,(H,7,8)(H,9,10)/q2*+1;/t;;3-/m..0/s1. The third-order valence-corrected chi connectivity index (χ3v) is 3.36. The lowest BCUT2D eigenvalue weighted by atomic mass is 10.2. The highest BCUT2D eigenvalue weighted by Crippen LogP contribution is 1.93. The minimum Gasteiger partial charge on any atom is -0.481 e. The van der Waals surface area contributed by atoms with Gasteiger partial charge >= 0.3 is 11.9 Å². The predicted molar refractivity (Wildman–Crippen MR) is 95.0 cm³/mol. The second-order valence-electron chi connectivity index (χ2n) is 5.70. The molecule has 2 aromatic heterocycles. The lowest BCUT2D eigenvalue weighted by Crippen LogP contribution is -2.30. The number of hydrogen-bond acceptors (Lipinski definition) is 3.